The first-order chi connectivity index (χ1) is 20.7. The van der Waals surface area contributed by atoms with Gasteiger partial charge in [-0.05, 0) is 74.4 Å². The Hall–Kier alpha value is -3.92. The monoisotopic (exact) mass is 640 g/mol. The number of carbonyl (C=O) groups excluding carboxylic acids is 1. The van der Waals surface area contributed by atoms with E-state index < -0.39 is 12.0 Å². The fourth-order valence-corrected chi connectivity index (χ4v) is 6.34. The van der Waals surface area contributed by atoms with E-state index in [2.05, 4.69) is 4.99 Å². The molecule has 0 fully saturated rings. The molecule has 4 aromatic rings. The maximum Gasteiger partial charge on any atom is 0.338 e. The summed E-state index contributed by atoms with van der Waals surface area (Å²) in [4.78, 5) is 32.2. The first kappa shape index (κ1) is 30.5. The van der Waals surface area contributed by atoms with Crippen LogP contribution in [-0.2, 0) is 16.1 Å². The lowest BCUT2D eigenvalue weighted by Gasteiger charge is -2.24. The van der Waals surface area contributed by atoms with Gasteiger partial charge in [-0.1, -0.05) is 58.8 Å². The number of benzene rings is 3. The Morgan fingerprint density at radius 1 is 1.05 bits per heavy atom. The van der Waals surface area contributed by atoms with Crippen molar-refractivity contribution < 1.29 is 23.4 Å². The van der Waals surface area contributed by atoms with Crippen LogP contribution in [0.15, 0.2) is 81.7 Å². The molecule has 1 aromatic heterocycles. The Morgan fingerprint density at radius 3 is 2.44 bits per heavy atom. The van der Waals surface area contributed by atoms with Crippen molar-refractivity contribution in [3.63, 3.8) is 0 Å². The molecule has 0 N–H and O–H groups in total. The summed E-state index contributed by atoms with van der Waals surface area (Å²) < 4.78 is 32.2. The van der Waals surface area contributed by atoms with Gasteiger partial charge in [-0.3, -0.25) is 9.36 Å². The van der Waals surface area contributed by atoms with E-state index in [9.17, 15) is 14.0 Å². The fourth-order valence-electron chi connectivity index (χ4n) is 4.74. The van der Waals surface area contributed by atoms with Gasteiger partial charge >= 0.3 is 5.97 Å². The van der Waals surface area contributed by atoms with Crippen LogP contribution in [-0.4, -0.2) is 23.8 Å². The summed E-state index contributed by atoms with van der Waals surface area (Å²) in [6, 6.07) is 15.6. The van der Waals surface area contributed by atoms with Crippen molar-refractivity contribution in [2.75, 3.05) is 13.2 Å². The van der Waals surface area contributed by atoms with Crippen molar-refractivity contribution in [1.82, 2.24) is 4.57 Å². The molecule has 0 saturated heterocycles. The number of allylic oxidation sites excluding steroid dienone is 1. The highest BCUT2D eigenvalue weighted by Crippen LogP contribution is 2.34. The molecule has 0 radical (unpaired) electrons. The van der Waals surface area contributed by atoms with Gasteiger partial charge in [-0.25, -0.2) is 14.2 Å². The lowest BCUT2D eigenvalue weighted by atomic mass is 9.96. The van der Waals surface area contributed by atoms with Crippen molar-refractivity contribution in [2.24, 2.45) is 4.99 Å². The van der Waals surface area contributed by atoms with Gasteiger partial charge in [0.1, 0.15) is 23.9 Å². The zero-order valence-electron chi connectivity index (χ0n) is 23.5. The second kappa shape index (κ2) is 13.2. The Morgan fingerprint density at radius 2 is 1.77 bits per heavy atom. The number of ether oxygens (including phenoxy) is 3. The van der Waals surface area contributed by atoms with Crippen LogP contribution in [0.5, 0.6) is 11.5 Å². The number of esters is 1. The van der Waals surface area contributed by atoms with E-state index in [4.69, 9.17) is 37.4 Å². The van der Waals surface area contributed by atoms with Gasteiger partial charge in [0.15, 0.2) is 4.80 Å². The van der Waals surface area contributed by atoms with Gasteiger partial charge in [-0.2, -0.15) is 0 Å². The molecule has 0 spiro atoms. The summed E-state index contributed by atoms with van der Waals surface area (Å²) in [5.41, 5.74) is 2.28. The SMILES string of the molecule is CCOC(=O)C1=C(C)N=c2s/c(=C\c3cc(Cl)cc(Cl)c3OCc3ccc(F)cc3)c(=O)n2[C@H]1c1ccc(OCC)cc1. The molecule has 1 aliphatic rings. The topological polar surface area (TPSA) is 79.1 Å². The number of hydrogen-bond donors (Lipinski definition) is 0. The molecule has 2 heterocycles. The molecule has 222 valence electrons. The third kappa shape index (κ3) is 6.54. The lowest BCUT2D eigenvalue weighted by molar-refractivity contribution is -0.139. The van der Waals surface area contributed by atoms with Crippen molar-refractivity contribution in [3.8, 4) is 11.5 Å². The number of rotatable bonds is 9. The maximum absolute atomic E-state index is 14.0. The van der Waals surface area contributed by atoms with E-state index in [1.807, 2.05) is 19.1 Å². The van der Waals surface area contributed by atoms with Crippen LogP contribution in [0.3, 0.4) is 0 Å². The number of nitrogens with zero attached hydrogens (tertiary/aromatic N) is 2. The maximum atomic E-state index is 14.0. The summed E-state index contributed by atoms with van der Waals surface area (Å²) in [7, 11) is 0. The van der Waals surface area contributed by atoms with Crippen molar-refractivity contribution in [2.45, 2.75) is 33.4 Å². The number of fused-ring (bicyclic) bond motifs is 1. The number of halogens is 3. The number of carbonyl (C=O) groups is 1. The summed E-state index contributed by atoms with van der Waals surface area (Å²) in [5.74, 6) is 0.0833. The number of aromatic nitrogens is 1. The van der Waals surface area contributed by atoms with Crippen LogP contribution in [0, 0.1) is 5.82 Å². The highest BCUT2D eigenvalue weighted by Gasteiger charge is 2.33. The second-order valence-electron chi connectivity index (χ2n) is 9.53. The molecule has 0 amide bonds. The second-order valence-corrected chi connectivity index (χ2v) is 11.4. The van der Waals surface area contributed by atoms with Gasteiger partial charge in [0.05, 0.1) is 40.1 Å². The first-order valence-corrected chi connectivity index (χ1v) is 15.1. The molecule has 0 bridgehead atoms. The van der Waals surface area contributed by atoms with E-state index in [-0.39, 0.29) is 35.2 Å². The van der Waals surface area contributed by atoms with Crippen LogP contribution < -0.4 is 24.4 Å². The van der Waals surface area contributed by atoms with Crippen LogP contribution in [0.4, 0.5) is 4.39 Å². The molecular formula is C32H27Cl2FN2O5S. The minimum Gasteiger partial charge on any atom is -0.494 e. The third-order valence-corrected chi connectivity index (χ3v) is 8.13. The van der Waals surface area contributed by atoms with E-state index in [0.29, 0.717) is 49.3 Å². The van der Waals surface area contributed by atoms with E-state index in [1.165, 1.54) is 28.0 Å². The summed E-state index contributed by atoms with van der Waals surface area (Å²) in [5, 5.41) is 0.604. The highest BCUT2D eigenvalue weighted by molar-refractivity contribution is 7.07. The molecule has 0 saturated carbocycles. The highest BCUT2D eigenvalue weighted by atomic mass is 35.5. The van der Waals surface area contributed by atoms with Crippen LogP contribution in [0.1, 0.15) is 43.5 Å². The molecule has 11 heteroatoms. The minimum absolute atomic E-state index is 0.115. The van der Waals surface area contributed by atoms with Crippen molar-refractivity contribution in [3.05, 3.63) is 124 Å². The van der Waals surface area contributed by atoms with E-state index >= 15 is 0 Å². The van der Waals surface area contributed by atoms with E-state index in [1.54, 1.807) is 56.3 Å². The Kier molecular flexibility index (Phi) is 9.34. The summed E-state index contributed by atoms with van der Waals surface area (Å²) >= 11 is 14.0. The van der Waals surface area contributed by atoms with Crippen LogP contribution >= 0.6 is 34.5 Å². The van der Waals surface area contributed by atoms with Gasteiger partial charge in [0, 0.05) is 10.6 Å². The van der Waals surface area contributed by atoms with Gasteiger partial charge in [0.2, 0.25) is 0 Å². The van der Waals surface area contributed by atoms with Gasteiger partial charge < -0.3 is 14.2 Å². The first-order valence-electron chi connectivity index (χ1n) is 13.5. The zero-order valence-corrected chi connectivity index (χ0v) is 25.9. The van der Waals surface area contributed by atoms with Crippen molar-refractivity contribution in [1.29, 1.82) is 0 Å². The molecule has 3 aromatic carbocycles. The smallest absolute Gasteiger partial charge is 0.338 e. The summed E-state index contributed by atoms with van der Waals surface area (Å²) in [6.07, 6.45) is 1.64. The molecule has 0 unspecified atom stereocenters. The predicted molar refractivity (Wildman–Crippen MR) is 165 cm³/mol. The Bertz CT molecular complexity index is 1880. The average molecular weight is 642 g/mol. The molecule has 1 aliphatic heterocycles. The standard InChI is InChI=1S/C32H27Cl2FN2O5S/c1-4-40-24-12-8-20(9-13-24)28-27(31(39)41-5-2)18(3)36-32-37(28)30(38)26(43-32)15-21-14-22(33)16-25(34)29(21)42-17-19-6-10-23(35)11-7-19/h6-16,28H,4-5,17H2,1-3H3/b26-15-/t28-/m0/s1. The largest absolute Gasteiger partial charge is 0.494 e. The number of hydrogen-bond acceptors (Lipinski definition) is 7. The average Bonchev–Trinajstić information content (AvgIpc) is 3.27. The molecule has 43 heavy (non-hydrogen) atoms. The molecule has 5 rings (SSSR count). The Balaban J connectivity index is 1.63. The molecule has 7 nitrogen and oxygen atoms in total. The molecule has 0 aliphatic carbocycles. The normalized spacial score (nSPS) is 14.7. The van der Waals surface area contributed by atoms with Gasteiger partial charge in [-0.15, -0.1) is 0 Å². The van der Waals surface area contributed by atoms with Crippen LogP contribution in [0.2, 0.25) is 10.0 Å². The lowest BCUT2D eigenvalue weighted by Crippen LogP contribution is -2.39. The number of thiazole rings is 1. The predicted octanol–water partition coefficient (Wildman–Crippen LogP) is 6.22. The van der Waals surface area contributed by atoms with Crippen molar-refractivity contribution >= 4 is 46.6 Å². The van der Waals surface area contributed by atoms with Gasteiger partial charge in [0.25, 0.3) is 5.56 Å². The minimum atomic E-state index is -0.773. The molecule has 1 atom stereocenters. The third-order valence-electron chi connectivity index (χ3n) is 6.64. The molecular weight excluding hydrogens is 614 g/mol. The fraction of sp³-hybridized carbons (Fsp3) is 0.219. The zero-order chi connectivity index (χ0) is 30.7. The van der Waals surface area contributed by atoms with Crippen LogP contribution in [0.25, 0.3) is 6.08 Å². The van der Waals surface area contributed by atoms with E-state index in [0.717, 1.165) is 5.56 Å². The summed E-state index contributed by atoms with van der Waals surface area (Å²) in [6.45, 7) is 6.13. The Labute approximate surface area is 261 Å². The quantitative estimate of drug-likeness (QED) is 0.203.